The zero-order chi connectivity index (χ0) is 21.4. The predicted molar refractivity (Wildman–Crippen MR) is 120 cm³/mol. The zero-order valence-corrected chi connectivity index (χ0v) is 19.3. The zero-order valence-electron chi connectivity index (χ0n) is 17.6. The molecule has 1 fully saturated rings. The van der Waals surface area contributed by atoms with Gasteiger partial charge in [0.05, 0.1) is 23.9 Å². The summed E-state index contributed by atoms with van der Waals surface area (Å²) in [6.07, 6.45) is -0.451. The van der Waals surface area contributed by atoms with Crippen LogP contribution in [0.15, 0.2) is 34.2 Å². The molecule has 2 heterocycles. The van der Waals surface area contributed by atoms with Gasteiger partial charge in [0.1, 0.15) is 5.92 Å². The molecule has 1 N–H and O–H groups in total. The molecule has 0 amide bonds. The number of thiocarbonyl (C=S) groups is 1. The fraction of sp³-hybridized carbons (Fsp3) is 0.550. The monoisotopic (exact) mass is 434 g/mol. The summed E-state index contributed by atoms with van der Waals surface area (Å²) in [5.41, 5.74) is 0.747. The number of nitrogens with one attached hydrogen (secondary N) is 1. The van der Waals surface area contributed by atoms with Crippen molar-refractivity contribution in [1.82, 2.24) is 5.32 Å². The molecule has 9 heteroatoms. The van der Waals surface area contributed by atoms with Crippen molar-refractivity contribution in [1.29, 1.82) is 0 Å². The Hall–Kier alpha value is -1.42. The molecule has 6 nitrogen and oxygen atoms in total. The molecule has 1 aromatic rings. The van der Waals surface area contributed by atoms with E-state index in [1.54, 1.807) is 6.92 Å². The van der Waals surface area contributed by atoms with Crippen molar-refractivity contribution in [3.05, 3.63) is 29.8 Å². The Kier molecular flexibility index (Phi) is 6.43. The summed E-state index contributed by atoms with van der Waals surface area (Å²) >= 11 is 6.79. The van der Waals surface area contributed by atoms with Crippen molar-refractivity contribution in [2.45, 2.75) is 63.7 Å². The lowest BCUT2D eigenvalue weighted by Crippen LogP contribution is -2.44. The minimum atomic E-state index is -0.554. The van der Waals surface area contributed by atoms with E-state index < -0.39 is 23.5 Å². The van der Waals surface area contributed by atoms with E-state index in [1.165, 1.54) is 11.6 Å². The third kappa shape index (κ3) is 4.53. The standard InChI is InChI=1S/C20H27BN2O4S2/c1-7-25-17(24)15-12(2)22-18(28)23-16(15)13-10-8-9-11-14(13)29-21-26-19(3,4)20(5,6)27-21/h8-11,15-16H,7H2,1-6H3,(H,23,28). The first-order chi connectivity index (χ1) is 13.6. The summed E-state index contributed by atoms with van der Waals surface area (Å²) in [5.74, 6) is -0.870. The van der Waals surface area contributed by atoms with Gasteiger partial charge in [-0.1, -0.05) is 18.2 Å². The third-order valence-electron chi connectivity index (χ3n) is 5.59. The molecule has 2 aliphatic heterocycles. The lowest BCUT2D eigenvalue weighted by atomic mass is 9.88. The molecule has 0 bridgehead atoms. The summed E-state index contributed by atoms with van der Waals surface area (Å²) in [7, 11) is 0. The number of rotatable bonds is 5. The molecule has 0 radical (unpaired) electrons. The quantitative estimate of drug-likeness (QED) is 0.428. The molecular weight excluding hydrogens is 407 g/mol. The van der Waals surface area contributed by atoms with Crippen LogP contribution in [0.5, 0.6) is 0 Å². The largest absolute Gasteiger partial charge is 0.537 e. The van der Waals surface area contributed by atoms with Crippen LogP contribution in [-0.4, -0.2) is 41.0 Å². The number of aliphatic imine (C=N–C) groups is 1. The molecule has 2 aliphatic rings. The summed E-state index contributed by atoms with van der Waals surface area (Å²) in [4.78, 5) is 17.9. The molecule has 2 atom stereocenters. The Bertz CT molecular complexity index is 828. The second-order valence-electron chi connectivity index (χ2n) is 8.11. The van der Waals surface area contributed by atoms with Crippen LogP contribution in [0, 0.1) is 5.92 Å². The molecule has 29 heavy (non-hydrogen) atoms. The molecule has 0 aliphatic carbocycles. The van der Waals surface area contributed by atoms with Gasteiger partial charge in [-0.25, -0.2) is 4.99 Å². The van der Waals surface area contributed by atoms with E-state index in [2.05, 4.69) is 10.3 Å². The lowest BCUT2D eigenvalue weighted by molar-refractivity contribution is -0.146. The van der Waals surface area contributed by atoms with Crippen molar-refractivity contribution in [2.75, 3.05) is 6.61 Å². The van der Waals surface area contributed by atoms with Gasteiger partial charge in [-0.05, 0) is 65.4 Å². The van der Waals surface area contributed by atoms with Gasteiger partial charge in [0.25, 0.3) is 0 Å². The molecule has 0 saturated carbocycles. The number of benzene rings is 1. The predicted octanol–water partition coefficient (Wildman–Crippen LogP) is 3.94. The SMILES string of the molecule is CCOC(=O)C1C(C)=NC(=S)NC1c1ccccc1SB1OC(C)(C)C(C)(C)O1. The topological polar surface area (TPSA) is 69.2 Å². The number of carbonyl (C=O) groups is 1. The summed E-state index contributed by atoms with van der Waals surface area (Å²) in [6, 6.07) is 7.51. The number of hydrogen-bond acceptors (Lipinski definition) is 6. The van der Waals surface area contributed by atoms with Gasteiger partial charge in [-0.3, -0.25) is 4.79 Å². The fourth-order valence-corrected chi connectivity index (χ4v) is 4.84. The highest BCUT2D eigenvalue weighted by Gasteiger charge is 2.52. The molecule has 1 aromatic carbocycles. The van der Waals surface area contributed by atoms with E-state index in [0.717, 1.165) is 10.5 Å². The first-order valence-electron chi connectivity index (χ1n) is 9.69. The Balaban J connectivity index is 1.92. The van der Waals surface area contributed by atoms with Crippen LogP contribution in [0.1, 0.15) is 53.1 Å². The Labute approximate surface area is 182 Å². The second-order valence-corrected chi connectivity index (χ2v) is 9.56. The van der Waals surface area contributed by atoms with E-state index in [-0.39, 0.29) is 12.0 Å². The Morgan fingerprint density at radius 1 is 1.28 bits per heavy atom. The summed E-state index contributed by atoms with van der Waals surface area (Å²) in [6.45, 7) is 12.0. The van der Waals surface area contributed by atoms with Gasteiger partial charge in [-0.15, -0.1) is 11.6 Å². The fourth-order valence-electron chi connectivity index (χ4n) is 3.30. The highest BCUT2D eigenvalue weighted by Crippen LogP contribution is 2.43. The minimum absolute atomic E-state index is 0.310. The molecule has 3 rings (SSSR count). The molecule has 156 valence electrons. The summed E-state index contributed by atoms with van der Waals surface area (Å²) < 4.78 is 17.6. The van der Waals surface area contributed by atoms with E-state index in [0.29, 0.717) is 17.4 Å². The van der Waals surface area contributed by atoms with E-state index in [4.69, 9.17) is 26.3 Å². The van der Waals surface area contributed by atoms with Crippen molar-refractivity contribution in [2.24, 2.45) is 10.9 Å². The number of nitrogens with zero attached hydrogens (tertiary/aromatic N) is 1. The number of hydrogen-bond donors (Lipinski definition) is 1. The van der Waals surface area contributed by atoms with Crippen LogP contribution in [0.25, 0.3) is 0 Å². The van der Waals surface area contributed by atoms with Gasteiger partial charge < -0.3 is 19.4 Å². The van der Waals surface area contributed by atoms with E-state index in [9.17, 15) is 4.79 Å². The maximum Gasteiger partial charge on any atom is 0.537 e. The van der Waals surface area contributed by atoms with E-state index >= 15 is 0 Å². The number of esters is 1. The van der Waals surface area contributed by atoms with Crippen molar-refractivity contribution in [3.8, 4) is 0 Å². The van der Waals surface area contributed by atoms with Gasteiger partial charge in [-0.2, -0.15) is 0 Å². The maximum absolute atomic E-state index is 12.7. The Morgan fingerprint density at radius 3 is 2.52 bits per heavy atom. The van der Waals surface area contributed by atoms with Gasteiger partial charge in [0.15, 0.2) is 5.11 Å². The van der Waals surface area contributed by atoms with Crippen LogP contribution in [0.4, 0.5) is 0 Å². The molecule has 0 aromatic heterocycles. The van der Waals surface area contributed by atoms with Gasteiger partial charge >= 0.3 is 12.4 Å². The minimum Gasteiger partial charge on any atom is -0.465 e. The molecule has 0 spiro atoms. The highest BCUT2D eigenvalue weighted by atomic mass is 32.2. The molecular formula is C20H27BN2O4S2. The maximum atomic E-state index is 12.7. The van der Waals surface area contributed by atoms with Crippen molar-refractivity contribution < 1.29 is 18.8 Å². The summed E-state index contributed by atoms with van der Waals surface area (Å²) in [5, 5.41) is 3.56. The van der Waals surface area contributed by atoms with Crippen LogP contribution < -0.4 is 5.32 Å². The number of carbonyl (C=O) groups excluding carboxylic acids is 1. The first-order valence-corrected chi connectivity index (χ1v) is 11.0. The molecule has 2 unspecified atom stereocenters. The second kappa shape index (κ2) is 8.37. The smallest absolute Gasteiger partial charge is 0.465 e. The third-order valence-corrected chi connectivity index (χ3v) is 6.81. The van der Waals surface area contributed by atoms with Gasteiger partial charge in [0.2, 0.25) is 0 Å². The lowest BCUT2D eigenvalue weighted by Gasteiger charge is -2.32. The van der Waals surface area contributed by atoms with Crippen molar-refractivity contribution in [3.63, 3.8) is 0 Å². The average molecular weight is 434 g/mol. The van der Waals surface area contributed by atoms with Gasteiger partial charge in [0, 0.05) is 10.6 Å². The number of ether oxygens (including phenoxy) is 1. The van der Waals surface area contributed by atoms with E-state index in [1.807, 2.05) is 58.9 Å². The van der Waals surface area contributed by atoms with Crippen LogP contribution >= 0.6 is 23.8 Å². The highest BCUT2D eigenvalue weighted by molar-refractivity contribution is 8.24. The molecule has 1 saturated heterocycles. The van der Waals surface area contributed by atoms with Crippen LogP contribution in [0.2, 0.25) is 0 Å². The van der Waals surface area contributed by atoms with Crippen LogP contribution in [-0.2, 0) is 18.8 Å². The average Bonchev–Trinajstić information content (AvgIpc) is 2.81. The Morgan fingerprint density at radius 2 is 1.90 bits per heavy atom. The normalized spacial score (nSPS) is 25.4. The van der Waals surface area contributed by atoms with Crippen LogP contribution in [0.3, 0.4) is 0 Å². The van der Waals surface area contributed by atoms with Crippen molar-refractivity contribution >= 4 is 47.0 Å². The first kappa shape index (κ1) is 22.3.